The normalized spacial score (nSPS) is 18.9. The fraction of sp³-hybridized carbons (Fsp3) is 0.375. The van der Waals surface area contributed by atoms with Gasteiger partial charge in [-0.1, -0.05) is 55.3 Å². The monoisotopic (exact) mass is 427 g/mol. The zero-order valence-corrected chi connectivity index (χ0v) is 17.8. The van der Waals surface area contributed by atoms with E-state index in [9.17, 15) is 14.4 Å². The van der Waals surface area contributed by atoms with Crippen molar-refractivity contribution in [3.8, 4) is 0 Å². The molecule has 0 bridgehead atoms. The minimum absolute atomic E-state index is 0.0543. The highest BCUT2D eigenvalue weighted by atomic mass is 35.5. The van der Waals surface area contributed by atoms with E-state index in [-0.39, 0.29) is 24.3 Å². The molecule has 158 valence electrons. The van der Waals surface area contributed by atoms with Gasteiger partial charge in [-0.05, 0) is 42.7 Å². The van der Waals surface area contributed by atoms with Gasteiger partial charge in [-0.2, -0.15) is 0 Å². The van der Waals surface area contributed by atoms with Crippen molar-refractivity contribution in [2.45, 2.75) is 38.6 Å². The first-order valence-electron chi connectivity index (χ1n) is 10.3. The highest BCUT2D eigenvalue weighted by molar-refractivity contribution is 6.30. The van der Waals surface area contributed by atoms with E-state index >= 15 is 0 Å². The minimum atomic E-state index is -0.500. The Morgan fingerprint density at radius 2 is 1.80 bits per heavy atom. The van der Waals surface area contributed by atoms with E-state index in [0.717, 1.165) is 18.4 Å². The van der Waals surface area contributed by atoms with Gasteiger partial charge in [0.1, 0.15) is 0 Å². The average molecular weight is 428 g/mol. The van der Waals surface area contributed by atoms with Gasteiger partial charge in [0.2, 0.25) is 5.91 Å². The molecule has 0 N–H and O–H groups in total. The molecule has 6 heteroatoms. The lowest BCUT2D eigenvalue weighted by molar-refractivity contribution is -0.156. The highest BCUT2D eigenvalue weighted by Crippen LogP contribution is 2.37. The maximum atomic E-state index is 13.0. The van der Waals surface area contributed by atoms with Crippen molar-refractivity contribution < 1.29 is 19.1 Å². The van der Waals surface area contributed by atoms with Crippen LogP contribution in [0.5, 0.6) is 0 Å². The standard InChI is InChI=1S/C24H26ClNO4/c1-2-3-15-26-22(28)14-13-20(23(26)18-7-5-4-6-8-18)24(29)30-16-21(27)17-9-11-19(25)12-10-17/h4-12,20,23H,2-3,13-16H2,1H3/t20-,23+/m0/s1. The van der Waals surface area contributed by atoms with Crippen LogP contribution in [0.4, 0.5) is 0 Å². The summed E-state index contributed by atoms with van der Waals surface area (Å²) in [4.78, 5) is 39.8. The molecule has 1 aliphatic heterocycles. The molecule has 1 fully saturated rings. The Labute approximate surface area is 182 Å². The van der Waals surface area contributed by atoms with Gasteiger partial charge in [0.15, 0.2) is 12.4 Å². The second-order valence-electron chi connectivity index (χ2n) is 7.48. The molecule has 30 heavy (non-hydrogen) atoms. The zero-order chi connectivity index (χ0) is 21.5. The number of benzene rings is 2. The third kappa shape index (κ3) is 5.28. The Hall–Kier alpha value is -2.66. The topological polar surface area (TPSA) is 63.7 Å². The van der Waals surface area contributed by atoms with Crippen molar-refractivity contribution >= 4 is 29.3 Å². The molecule has 2 aromatic rings. The van der Waals surface area contributed by atoms with Gasteiger partial charge in [0.25, 0.3) is 0 Å². The number of piperidine rings is 1. The maximum absolute atomic E-state index is 13.0. The van der Waals surface area contributed by atoms with E-state index in [1.165, 1.54) is 0 Å². The van der Waals surface area contributed by atoms with Gasteiger partial charge in [-0.15, -0.1) is 0 Å². The molecule has 3 rings (SSSR count). The summed E-state index contributed by atoms with van der Waals surface area (Å²) in [6.45, 7) is 2.34. The maximum Gasteiger partial charge on any atom is 0.311 e. The van der Waals surface area contributed by atoms with Crippen LogP contribution in [0.2, 0.25) is 5.02 Å². The molecule has 1 heterocycles. The highest BCUT2D eigenvalue weighted by Gasteiger charge is 2.41. The first-order chi connectivity index (χ1) is 14.5. The number of unbranched alkanes of at least 4 members (excludes halogenated alkanes) is 1. The number of amides is 1. The largest absolute Gasteiger partial charge is 0.457 e. The Bertz CT molecular complexity index is 882. The van der Waals surface area contributed by atoms with E-state index in [2.05, 4.69) is 6.92 Å². The summed E-state index contributed by atoms with van der Waals surface area (Å²) < 4.78 is 5.41. The summed E-state index contributed by atoms with van der Waals surface area (Å²) in [7, 11) is 0. The predicted octanol–water partition coefficient (Wildman–Crippen LogP) is 4.85. The molecular formula is C24H26ClNO4. The van der Waals surface area contributed by atoms with Crippen LogP contribution in [-0.2, 0) is 14.3 Å². The third-order valence-corrected chi connectivity index (χ3v) is 5.67. The lowest BCUT2D eigenvalue weighted by atomic mass is 9.84. The molecule has 1 saturated heterocycles. The molecule has 1 amide bonds. The number of rotatable bonds is 8. The SMILES string of the molecule is CCCCN1C(=O)CC[C@H](C(=O)OCC(=O)c2ccc(Cl)cc2)[C@H]1c1ccccc1. The summed E-state index contributed by atoms with van der Waals surface area (Å²) in [6, 6.07) is 15.7. The number of ether oxygens (including phenoxy) is 1. The zero-order valence-electron chi connectivity index (χ0n) is 17.1. The fourth-order valence-electron chi connectivity index (χ4n) is 3.82. The molecule has 0 aromatic heterocycles. The number of carbonyl (C=O) groups excluding carboxylic acids is 3. The quantitative estimate of drug-likeness (QED) is 0.446. The molecular weight excluding hydrogens is 402 g/mol. The molecule has 0 saturated carbocycles. The number of hydrogen-bond acceptors (Lipinski definition) is 4. The Morgan fingerprint density at radius 3 is 2.47 bits per heavy atom. The summed E-state index contributed by atoms with van der Waals surface area (Å²) >= 11 is 5.85. The second-order valence-corrected chi connectivity index (χ2v) is 7.92. The lowest BCUT2D eigenvalue weighted by Gasteiger charge is -2.40. The van der Waals surface area contributed by atoms with Crippen LogP contribution in [0.3, 0.4) is 0 Å². The summed E-state index contributed by atoms with van der Waals surface area (Å²) in [5.41, 5.74) is 1.35. The van der Waals surface area contributed by atoms with Crippen molar-refractivity contribution in [1.29, 1.82) is 0 Å². The number of esters is 1. The first kappa shape index (κ1) is 22.0. The molecule has 2 aromatic carbocycles. The molecule has 0 aliphatic carbocycles. The van der Waals surface area contributed by atoms with Crippen LogP contribution in [0.1, 0.15) is 54.6 Å². The molecule has 2 atom stereocenters. The van der Waals surface area contributed by atoms with Crippen LogP contribution >= 0.6 is 11.6 Å². The number of ketones is 1. The number of halogens is 1. The van der Waals surface area contributed by atoms with Crippen LogP contribution in [-0.4, -0.2) is 35.7 Å². The van der Waals surface area contributed by atoms with E-state index < -0.39 is 11.9 Å². The molecule has 0 radical (unpaired) electrons. The Kier molecular flexibility index (Phi) is 7.63. The second kappa shape index (κ2) is 10.4. The number of nitrogens with zero attached hydrogens (tertiary/aromatic N) is 1. The van der Waals surface area contributed by atoms with Crippen LogP contribution in [0.15, 0.2) is 54.6 Å². The number of hydrogen-bond donors (Lipinski definition) is 0. The first-order valence-corrected chi connectivity index (χ1v) is 10.7. The van der Waals surface area contributed by atoms with Crippen molar-refractivity contribution in [3.05, 3.63) is 70.7 Å². The number of Topliss-reactive ketones (excluding diaryl/α,β-unsaturated/α-hetero) is 1. The Morgan fingerprint density at radius 1 is 1.10 bits per heavy atom. The van der Waals surface area contributed by atoms with Crippen LogP contribution < -0.4 is 0 Å². The van der Waals surface area contributed by atoms with Gasteiger partial charge in [-0.25, -0.2) is 0 Å². The van der Waals surface area contributed by atoms with Gasteiger partial charge < -0.3 is 9.64 Å². The predicted molar refractivity (Wildman–Crippen MR) is 115 cm³/mol. The van der Waals surface area contributed by atoms with Crippen LogP contribution in [0.25, 0.3) is 0 Å². The summed E-state index contributed by atoms with van der Waals surface area (Å²) in [5.74, 6) is -1.18. The van der Waals surface area contributed by atoms with Gasteiger partial charge in [-0.3, -0.25) is 14.4 Å². The van der Waals surface area contributed by atoms with Gasteiger partial charge in [0, 0.05) is 23.6 Å². The summed E-state index contributed by atoms with van der Waals surface area (Å²) in [6.07, 6.45) is 2.54. The van der Waals surface area contributed by atoms with Crippen molar-refractivity contribution in [2.75, 3.05) is 13.2 Å². The van der Waals surface area contributed by atoms with E-state index in [4.69, 9.17) is 16.3 Å². The van der Waals surface area contributed by atoms with E-state index in [0.29, 0.717) is 30.0 Å². The molecule has 0 unspecified atom stereocenters. The van der Waals surface area contributed by atoms with Crippen LogP contribution in [0, 0.1) is 5.92 Å². The molecule has 1 aliphatic rings. The van der Waals surface area contributed by atoms with E-state index in [1.807, 2.05) is 30.3 Å². The van der Waals surface area contributed by atoms with Gasteiger partial charge in [0.05, 0.1) is 12.0 Å². The fourth-order valence-corrected chi connectivity index (χ4v) is 3.94. The minimum Gasteiger partial charge on any atom is -0.457 e. The smallest absolute Gasteiger partial charge is 0.311 e. The average Bonchev–Trinajstić information content (AvgIpc) is 2.77. The molecule has 5 nitrogen and oxygen atoms in total. The summed E-state index contributed by atoms with van der Waals surface area (Å²) in [5, 5.41) is 0.535. The van der Waals surface area contributed by atoms with E-state index in [1.54, 1.807) is 29.2 Å². The third-order valence-electron chi connectivity index (χ3n) is 5.41. The number of carbonyl (C=O) groups is 3. The molecule has 0 spiro atoms. The number of likely N-dealkylation sites (tertiary alicyclic amines) is 1. The lowest BCUT2D eigenvalue weighted by Crippen LogP contribution is -2.46. The Balaban J connectivity index is 1.75. The van der Waals surface area contributed by atoms with Crippen molar-refractivity contribution in [2.24, 2.45) is 5.92 Å². The van der Waals surface area contributed by atoms with Crippen molar-refractivity contribution in [3.63, 3.8) is 0 Å². The van der Waals surface area contributed by atoms with Gasteiger partial charge >= 0.3 is 5.97 Å². The van der Waals surface area contributed by atoms with Crippen molar-refractivity contribution in [1.82, 2.24) is 4.90 Å².